The summed E-state index contributed by atoms with van der Waals surface area (Å²) in [5.41, 5.74) is -0.569. The summed E-state index contributed by atoms with van der Waals surface area (Å²) in [5, 5.41) is 19.3. The number of ether oxygens (including phenoxy) is 1. The highest BCUT2D eigenvalue weighted by Gasteiger charge is 2.30. The maximum absolute atomic E-state index is 12.7. The van der Waals surface area contributed by atoms with E-state index in [1.54, 1.807) is 0 Å². The normalized spacial score (nSPS) is 25.9. The van der Waals surface area contributed by atoms with Crippen molar-refractivity contribution in [2.45, 2.75) is 95.9 Å². The Morgan fingerprint density at radius 3 is 2.52 bits per heavy atom. The highest BCUT2D eigenvalue weighted by molar-refractivity contribution is 5.78. The molecule has 2 amide bonds. The van der Waals surface area contributed by atoms with Crippen LogP contribution in [0, 0.1) is 5.92 Å². The highest BCUT2D eigenvalue weighted by Crippen LogP contribution is 2.28. The number of carbonyl (C=O) groups is 2. The van der Waals surface area contributed by atoms with Crippen LogP contribution in [0.4, 0.5) is 4.79 Å². The zero-order chi connectivity index (χ0) is 19.9. The second-order valence-corrected chi connectivity index (χ2v) is 8.94. The van der Waals surface area contributed by atoms with Gasteiger partial charge < -0.3 is 25.8 Å². The molecular weight excluding hydrogens is 346 g/mol. The van der Waals surface area contributed by atoms with Crippen LogP contribution < -0.4 is 16.0 Å². The van der Waals surface area contributed by atoms with Crippen LogP contribution in [0.15, 0.2) is 0 Å². The van der Waals surface area contributed by atoms with Gasteiger partial charge in [0.25, 0.3) is 0 Å². The predicted molar refractivity (Wildman–Crippen MR) is 104 cm³/mol. The summed E-state index contributed by atoms with van der Waals surface area (Å²) in [7, 11) is 0. The minimum absolute atomic E-state index is 0.118. The first kappa shape index (κ1) is 22.0. The fourth-order valence-corrected chi connectivity index (χ4v) is 4.00. The smallest absolute Gasteiger partial charge is 0.407 e. The Kier molecular flexibility index (Phi) is 8.35. The zero-order valence-corrected chi connectivity index (χ0v) is 17.1. The number of hydrogen-bond donors (Lipinski definition) is 4. The molecular formula is C20H37N3O4. The van der Waals surface area contributed by atoms with Crippen LogP contribution in [-0.2, 0) is 9.53 Å². The minimum Gasteiger partial charge on any atom is -0.444 e. The fourth-order valence-electron chi connectivity index (χ4n) is 4.00. The highest BCUT2D eigenvalue weighted by atomic mass is 16.6. The summed E-state index contributed by atoms with van der Waals surface area (Å²) in [4.78, 5) is 24.9. The molecule has 0 radical (unpaired) electrons. The van der Waals surface area contributed by atoms with E-state index in [0.29, 0.717) is 6.54 Å². The molecule has 1 aliphatic carbocycles. The van der Waals surface area contributed by atoms with E-state index in [2.05, 4.69) is 16.0 Å². The van der Waals surface area contributed by atoms with Crippen molar-refractivity contribution in [1.29, 1.82) is 0 Å². The van der Waals surface area contributed by atoms with E-state index in [0.717, 1.165) is 45.1 Å². The van der Waals surface area contributed by atoms with Gasteiger partial charge in [0.15, 0.2) is 0 Å². The van der Waals surface area contributed by atoms with Crippen LogP contribution >= 0.6 is 0 Å². The van der Waals surface area contributed by atoms with Crippen molar-refractivity contribution in [1.82, 2.24) is 16.0 Å². The molecule has 4 N–H and O–H groups in total. The van der Waals surface area contributed by atoms with Crippen LogP contribution in [0.1, 0.15) is 72.1 Å². The van der Waals surface area contributed by atoms with Gasteiger partial charge in [-0.2, -0.15) is 0 Å². The second-order valence-electron chi connectivity index (χ2n) is 8.94. The molecule has 0 bridgehead atoms. The molecule has 1 aliphatic heterocycles. The van der Waals surface area contributed by atoms with Crippen LogP contribution in [0.2, 0.25) is 0 Å². The van der Waals surface area contributed by atoms with Crippen LogP contribution in [0.25, 0.3) is 0 Å². The molecule has 0 aromatic heterocycles. The third kappa shape index (κ3) is 8.05. The van der Waals surface area contributed by atoms with E-state index in [1.165, 1.54) is 6.42 Å². The monoisotopic (exact) mass is 383 g/mol. The molecule has 0 spiro atoms. The summed E-state index contributed by atoms with van der Waals surface area (Å²) >= 11 is 0. The molecule has 2 rings (SSSR count). The van der Waals surface area contributed by atoms with Crippen molar-refractivity contribution in [2.75, 3.05) is 13.1 Å². The van der Waals surface area contributed by atoms with E-state index >= 15 is 0 Å². The first-order chi connectivity index (χ1) is 12.7. The van der Waals surface area contributed by atoms with Gasteiger partial charge in [0, 0.05) is 19.0 Å². The summed E-state index contributed by atoms with van der Waals surface area (Å²) < 4.78 is 5.39. The number of carbonyl (C=O) groups excluding carboxylic acids is 2. The van der Waals surface area contributed by atoms with E-state index in [1.807, 2.05) is 20.8 Å². The minimum atomic E-state index is -0.580. The number of rotatable bonds is 5. The number of nitrogens with one attached hydrogen (secondary N) is 3. The second kappa shape index (κ2) is 10.3. The molecule has 2 aliphatic rings. The lowest BCUT2D eigenvalue weighted by atomic mass is 9.82. The number of aliphatic hydroxyl groups is 1. The van der Waals surface area contributed by atoms with Crippen molar-refractivity contribution >= 4 is 12.0 Å². The van der Waals surface area contributed by atoms with Gasteiger partial charge in [-0.1, -0.05) is 19.3 Å². The van der Waals surface area contributed by atoms with Gasteiger partial charge >= 0.3 is 6.09 Å². The Balaban J connectivity index is 1.95. The van der Waals surface area contributed by atoms with Crippen molar-refractivity contribution in [2.24, 2.45) is 5.92 Å². The molecule has 7 heteroatoms. The van der Waals surface area contributed by atoms with Gasteiger partial charge in [-0.25, -0.2) is 4.79 Å². The summed E-state index contributed by atoms with van der Waals surface area (Å²) in [6, 6.07) is -0.470. The first-order valence-electron chi connectivity index (χ1n) is 10.4. The maximum atomic E-state index is 12.7. The molecule has 27 heavy (non-hydrogen) atoms. The van der Waals surface area contributed by atoms with Crippen LogP contribution in [0.3, 0.4) is 0 Å². The molecule has 7 nitrogen and oxygen atoms in total. The summed E-state index contributed by atoms with van der Waals surface area (Å²) in [6.45, 7) is 6.84. The largest absolute Gasteiger partial charge is 0.444 e. The Morgan fingerprint density at radius 1 is 1.15 bits per heavy atom. The van der Waals surface area contributed by atoms with E-state index in [9.17, 15) is 14.7 Å². The van der Waals surface area contributed by atoms with Gasteiger partial charge in [-0.05, 0) is 58.9 Å². The summed E-state index contributed by atoms with van der Waals surface area (Å²) in [6.07, 6.45) is 6.36. The fraction of sp³-hybridized carbons (Fsp3) is 0.900. The lowest BCUT2D eigenvalue weighted by Crippen LogP contribution is -2.49. The average Bonchev–Trinajstić information content (AvgIpc) is 2.78. The van der Waals surface area contributed by atoms with Crippen molar-refractivity contribution in [3.63, 3.8) is 0 Å². The van der Waals surface area contributed by atoms with Gasteiger partial charge in [0.2, 0.25) is 5.91 Å². The van der Waals surface area contributed by atoms with Crippen LogP contribution in [0.5, 0.6) is 0 Å². The van der Waals surface area contributed by atoms with Gasteiger partial charge in [0.1, 0.15) is 5.60 Å². The zero-order valence-electron chi connectivity index (χ0n) is 17.1. The number of amides is 2. The van der Waals surface area contributed by atoms with E-state index < -0.39 is 17.8 Å². The number of hydrogen-bond acceptors (Lipinski definition) is 5. The molecule has 156 valence electrons. The topological polar surface area (TPSA) is 99.7 Å². The van der Waals surface area contributed by atoms with E-state index in [-0.39, 0.29) is 30.3 Å². The maximum Gasteiger partial charge on any atom is 0.407 e. The summed E-state index contributed by atoms with van der Waals surface area (Å²) in [5.74, 6) is 0.172. The Morgan fingerprint density at radius 2 is 1.85 bits per heavy atom. The molecule has 1 saturated carbocycles. The van der Waals surface area contributed by atoms with Gasteiger partial charge in [-0.15, -0.1) is 0 Å². The lowest BCUT2D eigenvalue weighted by Gasteiger charge is -2.32. The molecule has 3 atom stereocenters. The molecule has 0 aromatic rings. The van der Waals surface area contributed by atoms with Crippen molar-refractivity contribution in [3.05, 3.63) is 0 Å². The Bertz CT molecular complexity index is 486. The number of aliphatic hydroxyl groups excluding tert-OH is 1. The SMILES string of the molecule is CC(C)(C)OC(=O)NC(CC(=O)NC1CCCNC[C@@H]1O)C1CCCCC1. The van der Waals surface area contributed by atoms with Crippen molar-refractivity contribution in [3.8, 4) is 0 Å². The van der Waals surface area contributed by atoms with Gasteiger partial charge in [0.05, 0.1) is 12.1 Å². The lowest BCUT2D eigenvalue weighted by molar-refractivity contribution is -0.123. The van der Waals surface area contributed by atoms with Gasteiger partial charge in [-0.3, -0.25) is 4.79 Å². The number of alkyl carbamates (subject to hydrolysis) is 1. The molecule has 1 saturated heterocycles. The number of β-amino-alcohol motifs (C(OH)–C–C–N with tert-alkyl or cyclic N) is 1. The molecule has 1 heterocycles. The third-order valence-corrected chi connectivity index (χ3v) is 5.36. The Labute approximate surface area is 163 Å². The quantitative estimate of drug-likeness (QED) is 0.582. The average molecular weight is 384 g/mol. The Hall–Kier alpha value is -1.34. The van der Waals surface area contributed by atoms with Crippen molar-refractivity contribution < 1.29 is 19.4 Å². The van der Waals surface area contributed by atoms with E-state index in [4.69, 9.17) is 4.74 Å². The van der Waals surface area contributed by atoms with Crippen LogP contribution in [-0.4, -0.2) is 54.0 Å². The molecule has 2 fully saturated rings. The standard InChI is InChI=1S/C20H37N3O4/c1-20(2,3)27-19(26)23-16(14-8-5-4-6-9-14)12-18(25)22-15-10-7-11-21-13-17(15)24/h14-17,21,24H,4-13H2,1-3H3,(H,22,25)(H,23,26)/t15?,16?,17-/m0/s1. The molecule has 2 unspecified atom stereocenters. The predicted octanol–water partition coefficient (Wildman–Crippen LogP) is 2.08. The third-order valence-electron chi connectivity index (χ3n) is 5.36. The first-order valence-corrected chi connectivity index (χ1v) is 10.4. The molecule has 0 aromatic carbocycles.